The number of piperidine rings is 1. The number of aliphatic hydroxyl groups excluding tert-OH is 1. The molecule has 0 saturated carbocycles. The molecule has 0 aliphatic carbocycles. The standard InChI is InChI=1S/C11H15ClN2O/c12-8-3-4-10(13)11(6-8)14-5-1-2-9(15)7-14/h3-4,6,9,15H,1-2,5,7,13H2. The highest BCUT2D eigenvalue weighted by molar-refractivity contribution is 6.31. The third-order valence-electron chi connectivity index (χ3n) is 2.73. The molecule has 0 aromatic heterocycles. The van der Waals surface area contributed by atoms with E-state index in [1.54, 1.807) is 12.1 Å². The van der Waals surface area contributed by atoms with Gasteiger partial charge in [0.05, 0.1) is 17.5 Å². The highest BCUT2D eigenvalue weighted by Gasteiger charge is 2.19. The van der Waals surface area contributed by atoms with Gasteiger partial charge in [-0.25, -0.2) is 0 Å². The number of anilines is 2. The number of nitrogens with zero attached hydrogens (tertiary/aromatic N) is 1. The molecule has 1 unspecified atom stereocenters. The van der Waals surface area contributed by atoms with Gasteiger partial charge in [0.1, 0.15) is 0 Å². The van der Waals surface area contributed by atoms with E-state index in [0.717, 1.165) is 25.1 Å². The minimum atomic E-state index is -0.253. The fourth-order valence-corrected chi connectivity index (χ4v) is 2.13. The molecule has 0 spiro atoms. The predicted octanol–water partition coefficient (Wildman–Crippen LogP) is 1.88. The molecule has 0 radical (unpaired) electrons. The Morgan fingerprint density at radius 1 is 1.47 bits per heavy atom. The second-order valence-electron chi connectivity index (χ2n) is 3.95. The van der Waals surface area contributed by atoms with Crippen LogP contribution in [0.4, 0.5) is 11.4 Å². The van der Waals surface area contributed by atoms with E-state index < -0.39 is 0 Å². The topological polar surface area (TPSA) is 49.5 Å². The monoisotopic (exact) mass is 226 g/mol. The van der Waals surface area contributed by atoms with Crippen LogP contribution in [0.15, 0.2) is 18.2 Å². The van der Waals surface area contributed by atoms with E-state index in [0.29, 0.717) is 17.3 Å². The van der Waals surface area contributed by atoms with Gasteiger partial charge in [0, 0.05) is 18.1 Å². The van der Waals surface area contributed by atoms with E-state index >= 15 is 0 Å². The number of benzene rings is 1. The highest BCUT2D eigenvalue weighted by atomic mass is 35.5. The molecule has 4 heteroatoms. The number of nitrogen functional groups attached to an aromatic ring is 1. The van der Waals surface area contributed by atoms with E-state index in [1.807, 2.05) is 6.07 Å². The van der Waals surface area contributed by atoms with Crippen LogP contribution in [0.3, 0.4) is 0 Å². The van der Waals surface area contributed by atoms with Crippen molar-refractivity contribution in [1.82, 2.24) is 0 Å². The lowest BCUT2D eigenvalue weighted by atomic mass is 10.1. The number of β-amino-alcohol motifs (C(OH)–C–C–N with tert-alkyl or cyclic N) is 1. The summed E-state index contributed by atoms with van der Waals surface area (Å²) in [7, 11) is 0. The van der Waals surface area contributed by atoms with Crippen LogP contribution in [0.5, 0.6) is 0 Å². The molecule has 0 amide bonds. The summed E-state index contributed by atoms with van der Waals surface area (Å²) >= 11 is 5.93. The second kappa shape index (κ2) is 4.29. The zero-order valence-corrected chi connectivity index (χ0v) is 9.24. The maximum Gasteiger partial charge on any atom is 0.0715 e. The van der Waals surface area contributed by atoms with E-state index in [9.17, 15) is 5.11 Å². The van der Waals surface area contributed by atoms with Crippen LogP contribution in [0.25, 0.3) is 0 Å². The Kier molecular flexibility index (Phi) is 3.03. The maximum atomic E-state index is 9.59. The summed E-state index contributed by atoms with van der Waals surface area (Å²) in [6.07, 6.45) is 1.61. The first-order valence-electron chi connectivity index (χ1n) is 5.15. The molecular weight excluding hydrogens is 212 g/mol. The summed E-state index contributed by atoms with van der Waals surface area (Å²) in [5, 5.41) is 10.3. The summed E-state index contributed by atoms with van der Waals surface area (Å²) in [5.41, 5.74) is 7.53. The van der Waals surface area contributed by atoms with Crippen molar-refractivity contribution in [3.8, 4) is 0 Å². The summed E-state index contributed by atoms with van der Waals surface area (Å²) in [4.78, 5) is 2.09. The van der Waals surface area contributed by atoms with E-state index in [-0.39, 0.29) is 6.10 Å². The number of hydrogen-bond acceptors (Lipinski definition) is 3. The predicted molar refractivity (Wildman–Crippen MR) is 63.3 cm³/mol. The van der Waals surface area contributed by atoms with Crippen molar-refractivity contribution in [2.75, 3.05) is 23.7 Å². The van der Waals surface area contributed by atoms with Gasteiger partial charge in [0.15, 0.2) is 0 Å². The maximum absolute atomic E-state index is 9.59. The molecule has 1 aromatic carbocycles. The molecule has 3 N–H and O–H groups in total. The fraction of sp³-hybridized carbons (Fsp3) is 0.455. The van der Waals surface area contributed by atoms with Crippen molar-refractivity contribution in [1.29, 1.82) is 0 Å². The summed E-state index contributed by atoms with van der Waals surface area (Å²) in [6.45, 7) is 1.58. The minimum Gasteiger partial charge on any atom is -0.397 e. The van der Waals surface area contributed by atoms with Crippen molar-refractivity contribution >= 4 is 23.0 Å². The van der Waals surface area contributed by atoms with Crippen LogP contribution in [-0.4, -0.2) is 24.3 Å². The lowest BCUT2D eigenvalue weighted by Gasteiger charge is -2.32. The SMILES string of the molecule is Nc1ccc(Cl)cc1N1CCCC(O)C1. The minimum absolute atomic E-state index is 0.253. The molecule has 1 atom stereocenters. The van der Waals surface area contributed by atoms with Crippen molar-refractivity contribution < 1.29 is 5.11 Å². The molecule has 3 nitrogen and oxygen atoms in total. The van der Waals surface area contributed by atoms with Gasteiger partial charge in [-0.2, -0.15) is 0 Å². The Morgan fingerprint density at radius 3 is 3.00 bits per heavy atom. The Labute approximate surface area is 94.4 Å². The Hall–Kier alpha value is -0.930. The zero-order valence-electron chi connectivity index (χ0n) is 8.49. The van der Waals surface area contributed by atoms with Gasteiger partial charge in [-0.1, -0.05) is 11.6 Å². The van der Waals surface area contributed by atoms with Crippen molar-refractivity contribution in [3.63, 3.8) is 0 Å². The number of aliphatic hydroxyl groups is 1. The smallest absolute Gasteiger partial charge is 0.0715 e. The number of rotatable bonds is 1. The normalized spacial score (nSPS) is 21.7. The van der Waals surface area contributed by atoms with Crippen LogP contribution in [-0.2, 0) is 0 Å². The highest BCUT2D eigenvalue weighted by Crippen LogP contribution is 2.29. The third kappa shape index (κ3) is 2.36. The van der Waals surface area contributed by atoms with Gasteiger partial charge in [-0.15, -0.1) is 0 Å². The summed E-state index contributed by atoms with van der Waals surface area (Å²) < 4.78 is 0. The quantitative estimate of drug-likeness (QED) is 0.719. The van der Waals surface area contributed by atoms with Gasteiger partial charge in [0.2, 0.25) is 0 Å². The molecule has 0 bridgehead atoms. The molecule has 1 fully saturated rings. The first-order chi connectivity index (χ1) is 7.16. The number of hydrogen-bond donors (Lipinski definition) is 2. The lowest BCUT2D eigenvalue weighted by molar-refractivity contribution is 0.154. The number of nitrogens with two attached hydrogens (primary N) is 1. The van der Waals surface area contributed by atoms with E-state index in [2.05, 4.69) is 4.90 Å². The van der Waals surface area contributed by atoms with Crippen LogP contribution in [0.1, 0.15) is 12.8 Å². The molecule has 2 rings (SSSR count). The first-order valence-corrected chi connectivity index (χ1v) is 5.52. The van der Waals surface area contributed by atoms with Gasteiger partial charge >= 0.3 is 0 Å². The molecule has 1 aliphatic heterocycles. The van der Waals surface area contributed by atoms with Crippen molar-refractivity contribution in [2.24, 2.45) is 0 Å². The van der Waals surface area contributed by atoms with Gasteiger partial charge < -0.3 is 15.7 Å². The summed E-state index contributed by atoms with van der Waals surface area (Å²) in [6, 6.07) is 5.44. The third-order valence-corrected chi connectivity index (χ3v) is 2.96. The van der Waals surface area contributed by atoms with E-state index in [4.69, 9.17) is 17.3 Å². The average Bonchev–Trinajstić information content (AvgIpc) is 2.22. The number of halogens is 1. The van der Waals surface area contributed by atoms with Crippen LogP contribution in [0.2, 0.25) is 5.02 Å². The van der Waals surface area contributed by atoms with Crippen molar-refractivity contribution in [2.45, 2.75) is 18.9 Å². The van der Waals surface area contributed by atoms with Gasteiger partial charge in [-0.3, -0.25) is 0 Å². The molecule has 15 heavy (non-hydrogen) atoms. The molecule has 82 valence electrons. The Morgan fingerprint density at radius 2 is 2.27 bits per heavy atom. The van der Waals surface area contributed by atoms with Crippen LogP contribution in [0, 0.1) is 0 Å². The van der Waals surface area contributed by atoms with Crippen molar-refractivity contribution in [3.05, 3.63) is 23.2 Å². The van der Waals surface area contributed by atoms with Gasteiger partial charge in [0.25, 0.3) is 0 Å². The van der Waals surface area contributed by atoms with Crippen LogP contribution < -0.4 is 10.6 Å². The largest absolute Gasteiger partial charge is 0.397 e. The fourth-order valence-electron chi connectivity index (χ4n) is 1.96. The Bertz CT molecular complexity index is 356. The van der Waals surface area contributed by atoms with Crippen LogP contribution >= 0.6 is 11.6 Å². The Balaban J connectivity index is 2.24. The average molecular weight is 227 g/mol. The second-order valence-corrected chi connectivity index (χ2v) is 4.38. The molecule has 1 heterocycles. The lowest BCUT2D eigenvalue weighted by Crippen LogP contribution is -2.38. The molecule has 1 saturated heterocycles. The first kappa shape index (κ1) is 10.6. The summed E-state index contributed by atoms with van der Waals surface area (Å²) in [5.74, 6) is 0. The molecule has 1 aromatic rings. The zero-order chi connectivity index (χ0) is 10.8. The molecular formula is C11H15ClN2O. The van der Waals surface area contributed by atoms with Gasteiger partial charge in [-0.05, 0) is 31.0 Å². The van der Waals surface area contributed by atoms with E-state index in [1.165, 1.54) is 0 Å². The molecule has 1 aliphatic rings.